The summed E-state index contributed by atoms with van der Waals surface area (Å²) >= 11 is 1.68. The second kappa shape index (κ2) is 8.19. The quantitative estimate of drug-likeness (QED) is 0.786. The summed E-state index contributed by atoms with van der Waals surface area (Å²) in [5, 5.41) is 11.6. The number of methoxy groups -OCH3 is 3. The monoisotopic (exact) mass is 391 g/mol. The number of carbonyl (C=O) groups excluding carboxylic acids is 1. The topological polar surface area (TPSA) is 68.2 Å². The van der Waals surface area contributed by atoms with E-state index in [2.05, 4.69) is 6.07 Å². The molecule has 0 aliphatic carbocycles. The zero-order valence-electron chi connectivity index (χ0n) is 15.9. The first-order valence-electron chi connectivity index (χ1n) is 8.82. The number of aliphatic hydroxyl groups excluding tert-OH is 1. The van der Waals surface area contributed by atoms with Gasteiger partial charge < -0.3 is 24.2 Å². The van der Waals surface area contributed by atoms with E-state index in [9.17, 15) is 9.90 Å². The molecule has 1 atom stereocenters. The summed E-state index contributed by atoms with van der Waals surface area (Å²) in [6, 6.07) is 7.47. The fourth-order valence-corrected chi connectivity index (χ4v) is 4.74. The van der Waals surface area contributed by atoms with Crippen LogP contribution in [0.1, 0.15) is 28.1 Å². The Morgan fingerprint density at radius 3 is 2.44 bits per heavy atom. The molecule has 6 nitrogen and oxygen atoms in total. The lowest BCUT2D eigenvalue weighted by Crippen LogP contribution is -2.34. The second-order valence-electron chi connectivity index (χ2n) is 6.62. The maximum Gasteiger partial charge on any atom is 0.254 e. The Kier molecular flexibility index (Phi) is 5.92. The summed E-state index contributed by atoms with van der Waals surface area (Å²) in [4.78, 5) is 16.2. The summed E-state index contributed by atoms with van der Waals surface area (Å²) in [5.74, 6) is 1.30. The van der Waals surface area contributed by atoms with Crippen LogP contribution < -0.4 is 14.2 Å². The van der Waals surface area contributed by atoms with E-state index in [1.807, 2.05) is 16.3 Å². The van der Waals surface area contributed by atoms with Crippen molar-refractivity contribution in [2.45, 2.75) is 18.3 Å². The number of thiophene rings is 1. The van der Waals surface area contributed by atoms with Crippen molar-refractivity contribution in [3.63, 3.8) is 0 Å². The predicted octanol–water partition coefficient (Wildman–Crippen LogP) is 2.94. The van der Waals surface area contributed by atoms with Crippen LogP contribution in [0.25, 0.3) is 0 Å². The average molecular weight is 391 g/mol. The van der Waals surface area contributed by atoms with Crippen molar-refractivity contribution < 1.29 is 24.1 Å². The van der Waals surface area contributed by atoms with E-state index < -0.39 is 0 Å². The molecule has 1 unspecified atom stereocenters. The van der Waals surface area contributed by atoms with Gasteiger partial charge in [0.2, 0.25) is 5.75 Å². The molecule has 2 aromatic rings. The van der Waals surface area contributed by atoms with E-state index in [-0.39, 0.29) is 17.9 Å². The molecule has 146 valence electrons. The SMILES string of the molecule is COc1cc(C(=O)N2CCC(CCO)(c3cccs3)C2)cc(OC)c1OC. The lowest BCUT2D eigenvalue weighted by molar-refractivity contribution is 0.0779. The highest BCUT2D eigenvalue weighted by Crippen LogP contribution is 2.42. The maximum absolute atomic E-state index is 13.2. The fourth-order valence-electron chi connectivity index (χ4n) is 3.76. The first kappa shape index (κ1) is 19.5. The predicted molar refractivity (Wildman–Crippen MR) is 104 cm³/mol. The van der Waals surface area contributed by atoms with E-state index in [0.717, 1.165) is 6.42 Å². The summed E-state index contributed by atoms with van der Waals surface area (Å²) in [7, 11) is 4.60. The Hall–Kier alpha value is -2.25. The smallest absolute Gasteiger partial charge is 0.254 e. The molecule has 1 aliphatic heterocycles. The van der Waals surface area contributed by atoms with Gasteiger partial charge in [-0.15, -0.1) is 11.3 Å². The van der Waals surface area contributed by atoms with Crippen molar-refractivity contribution in [2.75, 3.05) is 41.0 Å². The molecule has 1 saturated heterocycles. The van der Waals surface area contributed by atoms with E-state index in [1.165, 1.54) is 26.2 Å². The molecule has 1 N–H and O–H groups in total. The van der Waals surface area contributed by atoms with E-state index >= 15 is 0 Å². The summed E-state index contributed by atoms with van der Waals surface area (Å²) < 4.78 is 16.1. The van der Waals surface area contributed by atoms with Gasteiger partial charge in [-0.05, 0) is 36.4 Å². The number of rotatable bonds is 7. The van der Waals surface area contributed by atoms with Crippen LogP contribution in [0.3, 0.4) is 0 Å². The van der Waals surface area contributed by atoms with Gasteiger partial charge in [-0.25, -0.2) is 0 Å². The lowest BCUT2D eigenvalue weighted by Gasteiger charge is -2.28. The number of amides is 1. The molecule has 27 heavy (non-hydrogen) atoms. The molecule has 0 radical (unpaired) electrons. The molecule has 1 aromatic heterocycles. The minimum Gasteiger partial charge on any atom is -0.493 e. The first-order chi connectivity index (χ1) is 13.1. The maximum atomic E-state index is 13.2. The van der Waals surface area contributed by atoms with Crippen LogP contribution in [0.4, 0.5) is 0 Å². The molecule has 7 heteroatoms. The van der Waals surface area contributed by atoms with Gasteiger partial charge in [-0.2, -0.15) is 0 Å². The average Bonchev–Trinajstić information content (AvgIpc) is 3.37. The second-order valence-corrected chi connectivity index (χ2v) is 7.57. The van der Waals surface area contributed by atoms with Gasteiger partial charge in [0, 0.05) is 35.6 Å². The van der Waals surface area contributed by atoms with Crippen molar-refractivity contribution in [2.24, 2.45) is 0 Å². The standard InChI is InChI=1S/C20H25NO5S/c1-24-15-11-14(12-16(25-2)18(15)26-3)19(23)21-8-6-20(13-21,7-9-22)17-5-4-10-27-17/h4-5,10-12,22H,6-9,13H2,1-3H3. The largest absolute Gasteiger partial charge is 0.493 e. The highest BCUT2D eigenvalue weighted by molar-refractivity contribution is 7.10. The number of hydrogen-bond acceptors (Lipinski definition) is 6. The van der Waals surface area contributed by atoms with Crippen LogP contribution in [0, 0.1) is 0 Å². The molecule has 3 rings (SSSR count). The van der Waals surface area contributed by atoms with Crippen LogP contribution in [0.15, 0.2) is 29.6 Å². The Bertz CT molecular complexity index is 767. The summed E-state index contributed by atoms with van der Waals surface area (Å²) in [6.45, 7) is 1.33. The molecule has 2 heterocycles. The third-order valence-electron chi connectivity index (χ3n) is 5.19. The van der Waals surface area contributed by atoms with Gasteiger partial charge in [0.15, 0.2) is 11.5 Å². The number of hydrogen-bond donors (Lipinski definition) is 1. The van der Waals surface area contributed by atoms with Crippen molar-refractivity contribution in [3.8, 4) is 17.2 Å². The molecule has 0 bridgehead atoms. The van der Waals surface area contributed by atoms with Crippen molar-refractivity contribution in [1.29, 1.82) is 0 Å². The lowest BCUT2D eigenvalue weighted by atomic mass is 9.82. The van der Waals surface area contributed by atoms with Gasteiger partial charge >= 0.3 is 0 Å². The van der Waals surface area contributed by atoms with Gasteiger partial charge in [-0.3, -0.25) is 4.79 Å². The van der Waals surface area contributed by atoms with Crippen LogP contribution in [0.5, 0.6) is 17.2 Å². The minimum absolute atomic E-state index is 0.0781. The molecule has 1 aliphatic rings. The van der Waals surface area contributed by atoms with Gasteiger partial charge in [0.25, 0.3) is 5.91 Å². The van der Waals surface area contributed by atoms with Crippen LogP contribution in [-0.2, 0) is 5.41 Å². The highest BCUT2D eigenvalue weighted by atomic mass is 32.1. The Morgan fingerprint density at radius 1 is 1.22 bits per heavy atom. The van der Waals surface area contributed by atoms with Crippen molar-refractivity contribution >= 4 is 17.2 Å². The molecule has 0 saturated carbocycles. The van der Waals surface area contributed by atoms with Crippen molar-refractivity contribution in [1.82, 2.24) is 4.90 Å². The number of carbonyl (C=O) groups is 1. The molecule has 0 spiro atoms. The Balaban J connectivity index is 1.89. The summed E-state index contributed by atoms with van der Waals surface area (Å²) in [5.41, 5.74) is 0.314. The van der Waals surface area contributed by atoms with Gasteiger partial charge in [-0.1, -0.05) is 6.07 Å². The Morgan fingerprint density at radius 2 is 1.93 bits per heavy atom. The highest BCUT2D eigenvalue weighted by Gasteiger charge is 2.42. The molecule has 1 aromatic carbocycles. The number of nitrogens with zero attached hydrogens (tertiary/aromatic N) is 1. The summed E-state index contributed by atoms with van der Waals surface area (Å²) in [6.07, 6.45) is 1.48. The fraction of sp³-hybridized carbons (Fsp3) is 0.450. The number of benzene rings is 1. The minimum atomic E-state index is -0.181. The van der Waals surface area contributed by atoms with E-state index in [1.54, 1.807) is 23.5 Å². The van der Waals surface area contributed by atoms with Gasteiger partial charge in [0.05, 0.1) is 21.3 Å². The zero-order valence-corrected chi connectivity index (χ0v) is 16.7. The van der Waals surface area contributed by atoms with Crippen LogP contribution in [-0.4, -0.2) is 56.9 Å². The first-order valence-corrected chi connectivity index (χ1v) is 9.70. The third-order valence-corrected chi connectivity index (χ3v) is 6.30. The van der Waals surface area contributed by atoms with Crippen LogP contribution in [0.2, 0.25) is 0 Å². The van der Waals surface area contributed by atoms with E-state index in [4.69, 9.17) is 14.2 Å². The third kappa shape index (κ3) is 3.61. The van der Waals surface area contributed by atoms with E-state index in [0.29, 0.717) is 42.3 Å². The normalized spacial score (nSPS) is 19.2. The molecule has 1 fully saturated rings. The van der Waals surface area contributed by atoms with Gasteiger partial charge in [0.1, 0.15) is 0 Å². The van der Waals surface area contributed by atoms with Crippen molar-refractivity contribution in [3.05, 3.63) is 40.1 Å². The number of aliphatic hydroxyl groups is 1. The zero-order chi connectivity index (χ0) is 19.4. The Labute approximate surface area is 163 Å². The number of likely N-dealkylation sites (tertiary alicyclic amines) is 1. The van der Waals surface area contributed by atoms with Crippen LogP contribution >= 0.6 is 11.3 Å². The molecule has 1 amide bonds. The molecular formula is C20H25NO5S. The number of ether oxygens (including phenoxy) is 3. The molecular weight excluding hydrogens is 366 g/mol.